The van der Waals surface area contributed by atoms with E-state index in [4.69, 9.17) is 4.42 Å². The Balaban J connectivity index is 1.36. The first kappa shape index (κ1) is 23.3. The predicted octanol–water partition coefficient (Wildman–Crippen LogP) is 4.67. The summed E-state index contributed by atoms with van der Waals surface area (Å²) < 4.78 is 59.6. The number of oxazole rings is 1. The zero-order valence-electron chi connectivity index (χ0n) is 19.1. The average Bonchev–Trinajstić information content (AvgIpc) is 3.63. The second-order valence-electron chi connectivity index (χ2n) is 8.53. The molecule has 1 atom stereocenters. The van der Waals surface area contributed by atoms with E-state index in [2.05, 4.69) is 25.0 Å². The number of H-pyrrole nitrogens is 1. The highest BCUT2D eigenvalue weighted by Crippen LogP contribution is 2.39. The zero-order valence-corrected chi connectivity index (χ0v) is 19.9. The Morgan fingerprint density at radius 3 is 2.92 bits per heavy atom. The molecule has 9 nitrogen and oxygen atoms in total. The van der Waals surface area contributed by atoms with Crippen molar-refractivity contribution in [3.8, 4) is 11.5 Å². The number of rotatable bonds is 4. The molecule has 0 bridgehead atoms. The molecule has 1 N–H and O–H groups in total. The van der Waals surface area contributed by atoms with Crippen LogP contribution in [0.4, 0.5) is 17.6 Å². The van der Waals surface area contributed by atoms with Gasteiger partial charge < -0.3 is 14.3 Å². The molecule has 1 aromatic carbocycles. The van der Waals surface area contributed by atoms with Crippen LogP contribution in [0.2, 0.25) is 0 Å². The van der Waals surface area contributed by atoms with E-state index in [1.165, 1.54) is 29.9 Å². The van der Waals surface area contributed by atoms with Crippen molar-refractivity contribution in [2.45, 2.75) is 32.1 Å². The van der Waals surface area contributed by atoms with Crippen molar-refractivity contribution in [3.05, 3.63) is 70.6 Å². The van der Waals surface area contributed by atoms with Crippen molar-refractivity contribution in [2.24, 2.45) is 0 Å². The van der Waals surface area contributed by atoms with E-state index < -0.39 is 30.5 Å². The first-order chi connectivity index (χ1) is 17.7. The van der Waals surface area contributed by atoms with E-state index >= 15 is 0 Å². The van der Waals surface area contributed by atoms with E-state index in [1.807, 2.05) is 0 Å². The fraction of sp³-hybridized carbons (Fsp3) is 0.261. The largest absolute Gasteiger partial charge is 0.431 e. The lowest BCUT2D eigenvalue weighted by molar-refractivity contribution is -0.142. The van der Waals surface area contributed by atoms with Gasteiger partial charge in [0.15, 0.2) is 0 Å². The molecule has 0 aliphatic carbocycles. The van der Waals surface area contributed by atoms with Crippen LogP contribution < -0.4 is 0 Å². The fourth-order valence-electron chi connectivity index (χ4n) is 4.39. The summed E-state index contributed by atoms with van der Waals surface area (Å²) in [4.78, 5) is 31.5. The van der Waals surface area contributed by atoms with Gasteiger partial charge in [0, 0.05) is 24.9 Å². The van der Waals surface area contributed by atoms with Crippen LogP contribution in [-0.4, -0.2) is 53.2 Å². The molecule has 5 heterocycles. The van der Waals surface area contributed by atoms with Crippen LogP contribution >= 0.6 is 11.3 Å². The number of hydrogen-bond acceptors (Lipinski definition) is 7. The number of nitrogens with one attached hydrogen (secondary N) is 1. The molecule has 1 aliphatic rings. The number of hydrogen-bond donors (Lipinski definition) is 1. The minimum absolute atomic E-state index is 0.0228. The molecule has 190 valence electrons. The van der Waals surface area contributed by atoms with Crippen LogP contribution in [0.25, 0.3) is 21.7 Å². The van der Waals surface area contributed by atoms with E-state index in [1.54, 1.807) is 24.0 Å². The number of nitrogens with zero attached hydrogens (tertiary/aromatic N) is 6. The maximum atomic E-state index is 14.4. The summed E-state index contributed by atoms with van der Waals surface area (Å²) in [6.07, 6.45) is -0.0467. The van der Waals surface area contributed by atoms with E-state index in [0.29, 0.717) is 28.4 Å². The molecule has 5 aromatic rings. The van der Waals surface area contributed by atoms with Crippen LogP contribution in [-0.2, 0) is 13.0 Å². The second-order valence-corrected chi connectivity index (χ2v) is 9.59. The predicted molar refractivity (Wildman–Crippen MR) is 123 cm³/mol. The zero-order chi connectivity index (χ0) is 25.9. The minimum atomic E-state index is -4.44. The number of carbonyl (C=O) groups excluding carboxylic acids is 1. The summed E-state index contributed by atoms with van der Waals surface area (Å²) in [5.41, 5.74) is 2.14. The summed E-state index contributed by atoms with van der Waals surface area (Å²) in [7, 11) is 0. The normalized spacial score (nSPS) is 15.9. The highest BCUT2D eigenvalue weighted by atomic mass is 32.1. The van der Waals surface area contributed by atoms with Crippen LogP contribution in [0.5, 0.6) is 0 Å². The van der Waals surface area contributed by atoms with Crippen molar-refractivity contribution in [1.29, 1.82) is 0 Å². The van der Waals surface area contributed by atoms with Gasteiger partial charge in [-0.1, -0.05) is 6.07 Å². The number of carbonyl (C=O) groups is 1. The lowest BCUT2D eigenvalue weighted by atomic mass is 10.0. The lowest BCUT2D eigenvalue weighted by Crippen LogP contribution is -2.40. The molecule has 14 heteroatoms. The number of alkyl halides is 3. The van der Waals surface area contributed by atoms with Gasteiger partial charge in [-0.2, -0.15) is 18.3 Å². The van der Waals surface area contributed by atoms with Crippen molar-refractivity contribution in [1.82, 2.24) is 34.6 Å². The quantitative estimate of drug-likeness (QED) is 0.338. The highest BCUT2D eigenvalue weighted by Gasteiger charge is 2.39. The van der Waals surface area contributed by atoms with Gasteiger partial charge in [-0.3, -0.25) is 9.48 Å². The Bertz CT molecular complexity index is 1630. The lowest BCUT2D eigenvalue weighted by Gasteiger charge is -2.33. The summed E-state index contributed by atoms with van der Waals surface area (Å²) in [6.45, 7) is 0.616. The Hall–Kier alpha value is -4.07. The minimum Gasteiger partial charge on any atom is -0.431 e. The standard InChI is InChI=1S/C23H17F4N7O2S/c1-11-19(36-20(31-11)12-7-30-33(8-12)9-23(25,26)27)22(35)34-6-5-14-17(29-10-28-14)18(34)21-32-16-13(24)3-2-4-15(16)37-21/h2-4,7-8,10,18H,5-6,9H2,1H3,(H,28,29)/t18-/m0/s1. The van der Waals surface area contributed by atoms with E-state index in [9.17, 15) is 22.4 Å². The molecule has 0 saturated heterocycles. The number of fused-ring (bicyclic) bond motifs is 2. The van der Waals surface area contributed by atoms with Crippen LogP contribution in [0.15, 0.2) is 41.3 Å². The average molecular weight is 531 g/mol. The molecule has 1 aliphatic heterocycles. The summed E-state index contributed by atoms with van der Waals surface area (Å²) in [5, 5.41) is 4.20. The van der Waals surface area contributed by atoms with Gasteiger partial charge in [0.05, 0.1) is 34.2 Å². The number of imidazole rings is 1. The third-order valence-electron chi connectivity index (χ3n) is 6.02. The maximum absolute atomic E-state index is 14.4. The Kier molecular flexibility index (Phi) is 5.36. The van der Waals surface area contributed by atoms with Crippen LogP contribution in [0.1, 0.15) is 38.7 Å². The summed E-state index contributed by atoms with van der Waals surface area (Å²) in [5.74, 6) is -1.03. The Labute approximate surface area is 209 Å². The molecule has 4 aromatic heterocycles. The molecule has 1 amide bonds. The smallest absolute Gasteiger partial charge is 0.408 e. The van der Waals surface area contributed by atoms with Crippen molar-refractivity contribution >= 4 is 27.5 Å². The van der Waals surface area contributed by atoms with Gasteiger partial charge in [0.25, 0.3) is 5.91 Å². The number of para-hydroxylation sites is 1. The molecule has 37 heavy (non-hydrogen) atoms. The van der Waals surface area contributed by atoms with Crippen LogP contribution in [0.3, 0.4) is 0 Å². The molecule has 0 saturated carbocycles. The number of aromatic nitrogens is 6. The monoisotopic (exact) mass is 531 g/mol. The second kappa shape index (κ2) is 8.50. The van der Waals surface area contributed by atoms with Gasteiger partial charge in [-0.05, 0) is 19.1 Å². The first-order valence-corrected chi connectivity index (χ1v) is 11.9. The SMILES string of the molecule is Cc1nc(-c2cnn(CC(F)(F)F)c2)oc1C(=O)N1CCc2[nH]cnc2[C@H]1c1nc2c(F)cccc2s1. The number of aromatic amines is 1. The van der Waals surface area contributed by atoms with Gasteiger partial charge in [0.1, 0.15) is 28.9 Å². The van der Waals surface area contributed by atoms with Gasteiger partial charge in [-0.25, -0.2) is 19.3 Å². The van der Waals surface area contributed by atoms with Gasteiger partial charge in [-0.15, -0.1) is 11.3 Å². The summed E-state index contributed by atoms with van der Waals surface area (Å²) >= 11 is 1.27. The summed E-state index contributed by atoms with van der Waals surface area (Å²) in [6, 6.07) is 3.99. The number of thiazole rings is 1. The van der Waals surface area contributed by atoms with Gasteiger partial charge in [0.2, 0.25) is 11.7 Å². The number of benzene rings is 1. The number of halogens is 4. The molecule has 0 spiro atoms. The van der Waals surface area contributed by atoms with E-state index in [0.717, 1.165) is 16.6 Å². The Morgan fingerprint density at radius 2 is 2.14 bits per heavy atom. The molecular weight excluding hydrogens is 514 g/mol. The topological polar surface area (TPSA) is 106 Å². The molecule has 0 unspecified atom stereocenters. The number of amides is 1. The van der Waals surface area contributed by atoms with Crippen LogP contribution in [0, 0.1) is 12.7 Å². The van der Waals surface area contributed by atoms with E-state index in [-0.39, 0.29) is 28.4 Å². The maximum Gasteiger partial charge on any atom is 0.408 e. The third kappa shape index (κ3) is 4.16. The van der Waals surface area contributed by atoms with Crippen molar-refractivity contribution < 1.29 is 26.8 Å². The first-order valence-electron chi connectivity index (χ1n) is 11.1. The van der Waals surface area contributed by atoms with Gasteiger partial charge >= 0.3 is 6.18 Å². The third-order valence-corrected chi connectivity index (χ3v) is 7.09. The molecule has 0 fully saturated rings. The van der Waals surface area contributed by atoms with Crippen molar-refractivity contribution in [3.63, 3.8) is 0 Å². The molecular formula is C23H17F4N7O2S. The molecule has 0 radical (unpaired) electrons. The molecule has 6 rings (SSSR count). The fourth-order valence-corrected chi connectivity index (χ4v) is 5.49. The highest BCUT2D eigenvalue weighted by molar-refractivity contribution is 7.18. The number of aryl methyl sites for hydroxylation is 1. The Morgan fingerprint density at radius 1 is 1.30 bits per heavy atom. The van der Waals surface area contributed by atoms with Crippen molar-refractivity contribution in [2.75, 3.05) is 6.54 Å².